The van der Waals surface area contributed by atoms with Crippen molar-refractivity contribution in [1.29, 1.82) is 0 Å². The monoisotopic (exact) mass is 401 g/mol. The molecule has 0 radical (unpaired) electrons. The van der Waals surface area contributed by atoms with Crippen LogP contribution >= 0.6 is 0 Å². The molecule has 0 saturated carbocycles. The highest BCUT2D eigenvalue weighted by molar-refractivity contribution is 5.98. The molecule has 158 valence electrons. The average Bonchev–Trinajstić information content (AvgIpc) is 3.00. The number of methoxy groups -OCH3 is 1. The lowest BCUT2D eigenvalue weighted by molar-refractivity contribution is -0.121. The van der Waals surface area contributed by atoms with Crippen LogP contribution in [0.15, 0.2) is 24.3 Å². The number of hydrogen-bond donors (Lipinski definition) is 1. The normalized spacial score (nSPS) is 10.6. The Bertz CT molecular complexity index is 812. The third-order valence-corrected chi connectivity index (χ3v) is 4.72. The number of rotatable bonds is 12. The topological polar surface area (TPSA) is 82.5 Å². The zero-order valence-electron chi connectivity index (χ0n) is 17.8. The van der Waals surface area contributed by atoms with Crippen molar-refractivity contribution in [3.8, 4) is 11.6 Å². The zero-order chi connectivity index (χ0) is 21.2. The van der Waals surface area contributed by atoms with Crippen molar-refractivity contribution >= 4 is 11.7 Å². The van der Waals surface area contributed by atoms with Crippen LogP contribution in [0.3, 0.4) is 0 Å². The summed E-state index contributed by atoms with van der Waals surface area (Å²) < 4.78 is 12.6. The fourth-order valence-electron chi connectivity index (χ4n) is 3.07. The van der Waals surface area contributed by atoms with Gasteiger partial charge < -0.3 is 14.8 Å². The summed E-state index contributed by atoms with van der Waals surface area (Å²) in [6.45, 7) is 5.02. The van der Waals surface area contributed by atoms with Crippen molar-refractivity contribution < 1.29 is 19.1 Å². The molecule has 29 heavy (non-hydrogen) atoms. The summed E-state index contributed by atoms with van der Waals surface area (Å²) in [4.78, 5) is 24.5. The Morgan fingerprint density at radius 2 is 1.86 bits per heavy atom. The number of nitrogens with zero attached hydrogens (tertiary/aromatic N) is 2. The lowest BCUT2D eigenvalue weighted by atomic mass is 10.1. The van der Waals surface area contributed by atoms with Gasteiger partial charge in [0, 0.05) is 32.0 Å². The Kier molecular flexibility index (Phi) is 8.70. The first-order valence-corrected chi connectivity index (χ1v) is 10.1. The van der Waals surface area contributed by atoms with Gasteiger partial charge in [0.25, 0.3) is 0 Å². The molecule has 2 aromatic rings. The number of amides is 1. The average molecular weight is 402 g/mol. The van der Waals surface area contributed by atoms with Gasteiger partial charge in [0.1, 0.15) is 5.75 Å². The molecule has 7 heteroatoms. The van der Waals surface area contributed by atoms with Gasteiger partial charge in [-0.2, -0.15) is 5.10 Å². The summed E-state index contributed by atoms with van der Waals surface area (Å²) >= 11 is 0. The Labute approximate surface area is 172 Å². The van der Waals surface area contributed by atoms with Crippen LogP contribution in [0.5, 0.6) is 11.6 Å². The number of Topliss-reactive ketones (excluding diaryl/α,β-unsaturated/α-hetero) is 1. The third kappa shape index (κ3) is 6.62. The molecule has 1 heterocycles. The SMILES string of the molecule is CCCCCOc1ccc(C(=O)CCC(=O)NCc2c(C)nn(C)c2OC)cc1. The second-order valence-electron chi connectivity index (χ2n) is 6.98. The number of aromatic nitrogens is 2. The van der Waals surface area contributed by atoms with Crippen LogP contribution in [0.1, 0.15) is 60.6 Å². The lowest BCUT2D eigenvalue weighted by Crippen LogP contribution is -2.23. The number of unbranched alkanes of at least 4 members (excludes halogenated alkanes) is 2. The summed E-state index contributed by atoms with van der Waals surface area (Å²) in [7, 11) is 3.36. The second-order valence-corrected chi connectivity index (χ2v) is 6.98. The van der Waals surface area contributed by atoms with Gasteiger partial charge in [-0.1, -0.05) is 19.8 Å². The van der Waals surface area contributed by atoms with Crippen molar-refractivity contribution in [3.63, 3.8) is 0 Å². The van der Waals surface area contributed by atoms with Crippen molar-refractivity contribution in [2.75, 3.05) is 13.7 Å². The zero-order valence-corrected chi connectivity index (χ0v) is 17.8. The van der Waals surface area contributed by atoms with Gasteiger partial charge in [-0.15, -0.1) is 0 Å². The van der Waals surface area contributed by atoms with Crippen LogP contribution in [0, 0.1) is 6.92 Å². The van der Waals surface area contributed by atoms with E-state index in [0.717, 1.165) is 36.3 Å². The van der Waals surface area contributed by atoms with Crippen molar-refractivity contribution in [2.45, 2.75) is 52.5 Å². The van der Waals surface area contributed by atoms with E-state index < -0.39 is 0 Å². The van der Waals surface area contributed by atoms with Gasteiger partial charge in [0.2, 0.25) is 11.8 Å². The molecule has 0 bridgehead atoms. The van der Waals surface area contributed by atoms with E-state index in [9.17, 15) is 9.59 Å². The smallest absolute Gasteiger partial charge is 0.220 e. The molecular weight excluding hydrogens is 370 g/mol. The van der Waals surface area contributed by atoms with E-state index in [-0.39, 0.29) is 24.5 Å². The van der Waals surface area contributed by atoms with Crippen molar-refractivity contribution in [1.82, 2.24) is 15.1 Å². The summed E-state index contributed by atoms with van der Waals surface area (Å²) in [5.41, 5.74) is 2.23. The van der Waals surface area contributed by atoms with Gasteiger partial charge in [-0.05, 0) is 37.6 Å². The maximum Gasteiger partial charge on any atom is 0.220 e. The third-order valence-electron chi connectivity index (χ3n) is 4.72. The second kappa shape index (κ2) is 11.2. The molecule has 2 rings (SSSR count). The first kappa shape index (κ1) is 22.5. The lowest BCUT2D eigenvalue weighted by Gasteiger charge is -2.08. The van der Waals surface area contributed by atoms with Crippen LogP contribution in [0.25, 0.3) is 0 Å². The maximum atomic E-state index is 12.3. The fraction of sp³-hybridized carbons (Fsp3) is 0.500. The molecule has 1 aromatic heterocycles. The molecule has 0 saturated heterocycles. The van der Waals surface area contributed by atoms with Gasteiger partial charge >= 0.3 is 0 Å². The predicted octanol–water partition coefficient (Wildman–Crippen LogP) is 3.59. The largest absolute Gasteiger partial charge is 0.494 e. The Morgan fingerprint density at radius 3 is 2.52 bits per heavy atom. The van der Waals surface area contributed by atoms with E-state index in [0.29, 0.717) is 24.6 Å². The predicted molar refractivity (Wildman–Crippen MR) is 111 cm³/mol. The molecule has 0 aliphatic carbocycles. The van der Waals surface area contributed by atoms with Crippen LogP contribution < -0.4 is 14.8 Å². The summed E-state index contributed by atoms with van der Waals surface area (Å²) in [5, 5.41) is 7.12. The highest BCUT2D eigenvalue weighted by atomic mass is 16.5. The molecule has 1 amide bonds. The summed E-state index contributed by atoms with van der Waals surface area (Å²) in [6.07, 6.45) is 3.61. The Balaban J connectivity index is 1.77. The first-order chi connectivity index (χ1) is 14.0. The minimum absolute atomic E-state index is 0.0622. The van der Waals surface area contributed by atoms with Crippen LogP contribution in [0.4, 0.5) is 0 Å². The van der Waals surface area contributed by atoms with Crippen molar-refractivity contribution in [2.24, 2.45) is 7.05 Å². The number of ketones is 1. The number of carbonyl (C=O) groups excluding carboxylic acids is 2. The van der Waals surface area contributed by atoms with Crippen LogP contribution in [-0.4, -0.2) is 35.2 Å². The molecule has 0 aliphatic rings. The highest BCUT2D eigenvalue weighted by Crippen LogP contribution is 2.20. The van der Waals surface area contributed by atoms with Crippen molar-refractivity contribution in [3.05, 3.63) is 41.1 Å². The number of nitrogens with one attached hydrogen (secondary N) is 1. The van der Waals surface area contributed by atoms with E-state index in [4.69, 9.17) is 9.47 Å². The molecule has 7 nitrogen and oxygen atoms in total. The van der Waals surface area contributed by atoms with E-state index in [1.54, 1.807) is 43.1 Å². The standard InChI is InChI=1S/C22H31N3O4/c1-5-6-7-14-29-18-10-8-17(9-11-18)20(26)12-13-21(27)23-15-19-16(2)24-25(3)22(19)28-4/h8-11H,5-7,12-15H2,1-4H3,(H,23,27). The highest BCUT2D eigenvalue weighted by Gasteiger charge is 2.15. The molecule has 0 unspecified atom stereocenters. The number of hydrogen-bond acceptors (Lipinski definition) is 5. The minimum atomic E-state index is -0.181. The molecule has 1 N–H and O–H groups in total. The van der Waals surface area contributed by atoms with Gasteiger partial charge in [0.05, 0.1) is 25.0 Å². The van der Waals surface area contributed by atoms with E-state index in [1.165, 1.54) is 0 Å². The quantitative estimate of drug-likeness (QED) is 0.434. The number of ether oxygens (including phenoxy) is 2. The molecule has 0 atom stereocenters. The van der Waals surface area contributed by atoms with Crippen LogP contribution in [-0.2, 0) is 18.4 Å². The van der Waals surface area contributed by atoms with Gasteiger partial charge in [-0.25, -0.2) is 4.68 Å². The molecule has 1 aromatic carbocycles. The van der Waals surface area contributed by atoms with Crippen LogP contribution in [0.2, 0.25) is 0 Å². The Hall–Kier alpha value is -2.83. The number of aryl methyl sites for hydroxylation is 2. The van der Waals surface area contributed by atoms with Gasteiger partial charge in [0.15, 0.2) is 5.78 Å². The molecule has 0 spiro atoms. The van der Waals surface area contributed by atoms with E-state index >= 15 is 0 Å². The number of benzene rings is 1. The minimum Gasteiger partial charge on any atom is -0.494 e. The molecular formula is C22H31N3O4. The number of carbonyl (C=O) groups is 2. The Morgan fingerprint density at radius 1 is 1.14 bits per heavy atom. The van der Waals surface area contributed by atoms with E-state index in [1.807, 2.05) is 6.92 Å². The maximum absolute atomic E-state index is 12.3. The summed E-state index contributed by atoms with van der Waals surface area (Å²) in [5.74, 6) is 1.14. The first-order valence-electron chi connectivity index (χ1n) is 10.1. The molecule has 0 fully saturated rings. The van der Waals surface area contributed by atoms with Gasteiger partial charge in [-0.3, -0.25) is 9.59 Å². The van der Waals surface area contributed by atoms with E-state index in [2.05, 4.69) is 17.3 Å². The summed E-state index contributed by atoms with van der Waals surface area (Å²) in [6, 6.07) is 7.10. The molecule has 0 aliphatic heterocycles. The fourth-order valence-corrected chi connectivity index (χ4v) is 3.07.